The van der Waals surface area contributed by atoms with Gasteiger partial charge in [-0.3, -0.25) is 4.79 Å². The fraction of sp³-hybridized carbons (Fsp3) is 0.909. The van der Waals surface area contributed by atoms with E-state index in [4.69, 9.17) is 4.74 Å². The van der Waals surface area contributed by atoms with Gasteiger partial charge in [-0.25, -0.2) is 0 Å². The molecule has 0 radical (unpaired) electrons. The van der Waals surface area contributed by atoms with E-state index < -0.39 is 0 Å². The number of nitrogens with one attached hydrogen (secondary N) is 1. The summed E-state index contributed by atoms with van der Waals surface area (Å²) in [5.41, 5.74) is 0. The molecule has 0 rings (SSSR count). The quantitative estimate of drug-likeness (QED) is 0.640. The molecule has 0 aliphatic heterocycles. The summed E-state index contributed by atoms with van der Waals surface area (Å²) in [7, 11) is 0. The first-order chi connectivity index (χ1) is 6.65. The number of hydrogen-bond donors (Lipinski definition) is 1. The Kier molecular flexibility index (Phi) is 7.48. The lowest BCUT2D eigenvalue weighted by molar-refractivity contribution is -0.142. The van der Waals surface area contributed by atoms with Gasteiger partial charge in [0, 0.05) is 6.04 Å². The van der Waals surface area contributed by atoms with Gasteiger partial charge in [0.25, 0.3) is 0 Å². The first-order valence-electron chi connectivity index (χ1n) is 5.54. The highest BCUT2D eigenvalue weighted by atomic mass is 16.5. The second kappa shape index (κ2) is 7.80. The molecule has 0 saturated carbocycles. The molecule has 0 aromatic rings. The Hall–Kier alpha value is -0.570. The molecule has 1 unspecified atom stereocenters. The lowest BCUT2D eigenvalue weighted by atomic mass is 9.96. The molecule has 0 aromatic heterocycles. The number of carbonyl (C=O) groups excluding carboxylic acids is 1. The summed E-state index contributed by atoms with van der Waals surface area (Å²) < 4.78 is 4.84. The lowest BCUT2D eigenvalue weighted by Crippen LogP contribution is -2.37. The number of esters is 1. The van der Waals surface area contributed by atoms with Gasteiger partial charge in [-0.2, -0.15) is 0 Å². The third kappa shape index (κ3) is 5.22. The molecule has 0 saturated heterocycles. The van der Waals surface area contributed by atoms with E-state index in [1.54, 1.807) is 0 Å². The first-order valence-corrected chi connectivity index (χ1v) is 5.54. The second-order valence-electron chi connectivity index (χ2n) is 3.55. The van der Waals surface area contributed by atoms with Crippen molar-refractivity contribution in [3.05, 3.63) is 0 Å². The molecular formula is C11H23NO2. The maximum atomic E-state index is 11.1. The molecule has 0 spiro atoms. The van der Waals surface area contributed by atoms with Crippen molar-refractivity contribution in [3.8, 4) is 0 Å². The van der Waals surface area contributed by atoms with E-state index >= 15 is 0 Å². The zero-order chi connectivity index (χ0) is 11.0. The van der Waals surface area contributed by atoms with E-state index in [0.717, 1.165) is 12.8 Å². The fourth-order valence-corrected chi connectivity index (χ4v) is 1.62. The molecule has 0 bridgehead atoms. The summed E-state index contributed by atoms with van der Waals surface area (Å²) in [5.74, 6) is 0.481. The number of ether oxygens (including phenoxy) is 1. The third-order valence-corrected chi connectivity index (χ3v) is 2.63. The molecule has 0 aromatic carbocycles. The molecule has 0 amide bonds. The SMILES string of the molecule is CCOC(=O)CNC(C)C(CC)CC. The third-order valence-electron chi connectivity index (χ3n) is 2.63. The van der Waals surface area contributed by atoms with Crippen molar-refractivity contribution in [2.75, 3.05) is 13.2 Å². The Balaban J connectivity index is 3.71. The first kappa shape index (κ1) is 13.4. The molecule has 84 valence electrons. The minimum absolute atomic E-state index is 0.162. The van der Waals surface area contributed by atoms with Crippen molar-refractivity contribution in [2.45, 2.75) is 46.6 Å². The summed E-state index contributed by atoms with van der Waals surface area (Å²) in [6.07, 6.45) is 2.29. The standard InChI is InChI=1S/C11H23NO2/c1-5-10(6-2)9(4)12-8-11(13)14-7-3/h9-10,12H,5-8H2,1-4H3. The summed E-state index contributed by atoms with van der Waals surface area (Å²) >= 11 is 0. The second-order valence-corrected chi connectivity index (χ2v) is 3.55. The topological polar surface area (TPSA) is 38.3 Å². The Labute approximate surface area is 87.2 Å². The van der Waals surface area contributed by atoms with Crippen molar-refractivity contribution in [3.63, 3.8) is 0 Å². The Morgan fingerprint density at radius 3 is 2.29 bits per heavy atom. The smallest absolute Gasteiger partial charge is 0.319 e. The van der Waals surface area contributed by atoms with E-state index in [-0.39, 0.29) is 5.97 Å². The van der Waals surface area contributed by atoms with Gasteiger partial charge in [-0.1, -0.05) is 26.7 Å². The van der Waals surface area contributed by atoms with Crippen LogP contribution in [0, 0.1) is 5.92 Å². The van der Waals surface area contributed by atoms with Gasteiger partial charge in [0.05, 0.1) is 13.2 Å². The van der Waals surface area contributed by atoms with Crippen LogP contribution < -0.4 is 5.32 Å². The van der Waals surface area contributed by atoms with Crippen LogP contribution in [0.1, 0.15) is 40.5 Å². The highest BCUT2D eigenvalue weighted by Crippen LogP contribution is 2.12. The van der Waals surface area contributed by atoms with Gasteiger partial charge >= 0.3 is 5.97 Å². The number of carbonyl (C=O) groups is 1. The van der Waals surface area contributed by atoms with Crippen molar-refractivity contribution >= 4 is 5.97 Å². The van der Waals surface area contributed by atoms with Crippen LogP contribution in [0.5, 0.6) is 0 Å². The van der Waals surface area contributed by atoms with Crippen LogP contribution >= 0.6 is 0 Å². The lowest BCUT2D eigenvalue weighted by Gasteiger charge is -2.21. The molecule has 3 nitrogen and oxygen atoms in total. The molecule has 3 heteroatoms. The zero-order valence-electron chi connectivity index (χ0n) is 9.80. The van der Waals surface area contributed by atoms with Crippen LogP contribution in [0.4, 0.5) is 0 Å². The average molecular weight is 201 g/mol. The molecule has 14 heavy (non-hydrogen) atoms. The number of rotatable bonds is 7. The van der Waals surface area contributed by atoms with Gasteiger partial charge in [0.15, 0.2) is 0 Å². The molecule has 1 N–H and O–H groups in total. The largest absolute Gasteiger partial charge is 0.465 e. The molecule has 0 aliphatic carbocycles. The maximum Gasteiger partial charge on any atom is 0.319 e. The predicted molar refractivity (Wildman–Crippen MR) is 58.2 cm³/mol. The van der Waals surface area contributed by atoms with Gasteiger partial charge in [0.2, 0.25) is 0 Å². The van der Waals surface area contributed by atoms with Gasteiger partial charge in [-0.05, 0) is 19.8 Å². The van der Waals surface area contributed by atoms with E-state index in [0.29, 0.717) is 25.1 Å². The summed E-state index contributed by atoms with van der Waals surface area (Å²) in [4.78, 5) is 11.1. The minimum atomic E-state index is -0.162. The maximum absolute atomic E-state index is 11.1. The van der Waals surface area contributed by atoms with E-state index in [1.165, 1.54) is 0 Å². The van der Waals surface area contributed by atoms with Crippen LogP contribution in [0.3, 0.4) is 0 Å². The fourth-order valence-electron chi connectivity index (χ4n) is 1.62. The van der Waals surface area contributed by atoms with Crippen molar-refractivity contribution in [2.24, 2.45) is 5.92 Å². The van der Waals surface area contributed by atoms with E-state index in [1.807, 2.05) is 6.92 Å². The monoisotopic (exact) mass is 201 g/mol. The van der Waals surface area contributed by atoms with Gasteiger partial charge < -0.3 is 10.1 Å². The normalized spacial score (nSPS) is 12.9. The molecule has 0 aliphatic rings. The van der Waals surface area contributed by atoms with E-state index in [9.17, 15) is 4.79 Å². The Bertz CT molecular complexity index is 155. The molecule has 1 atom stereocenters. The zero-order valence-corrected chi connectivity index (χ0v) is 9.80. The molecule has 0 fully saturated rings. The van der Waals surface area contributed by atoms with Gasteiger partial charge in [-0.15, -0.1) is 0 Å². The summed E-state index contributed by atoms with van der Waals surface area (Å²) in [5, 5.41) is 3.19. The Morgan fingerprint density at radius 1 is 1.29 bits per heavy atom. The number of hydrogen-bond acceptors (Lipinski definition) is 3. The molecular weight excluding hydrogens is 178 g/mol. The highest BCUT2D eigenvalue weighted by molar-refractivity contribution is 5.71. The summed E-state index contributed by atoms with van der Waals surface area (Å²) in [6, 6.07) is 0.384. The van der Waals surface area contributed by atoms with Crippen LogP contribution in [0.15, 0.2) is 0 Å². The minimum Gasteiger partial charge on any atom is -0.465 e. The van der Waals surface area contributed by atoms with Crippen molar-refractivity contribution in [1.29, 1.82) is 0 Å². The summed E-state index contributed by atoms with van der Waals surface area (Å²) in [6.45, 7) is 9.08. The van der Waals surface area contributed by atoms with Crippen LogP contribution in [0.25, 0.3) is 0 Å². The van der Waals surface area contributed by atoms with Gasteiger partial charge in [0.1, 0.15) is 0 Å². The van der Waals surface area contributed by atoms with Crippen molar-refractivity contribution < 1.29 is 9.53 Å². The van der Waals surface area contributed by atoms with Crippen molar-refractivity contribution in [1.82, 2.24) is 5.32 Å². The van der Waals surface area contributed by atoms with Crippen LogP contribution in [-0.2, 0) is 9.53 Å². The van der Waals surface area contributed by atoms with Crippen LogP contribution in [0.2, 0.25) is 0 Å². The predicted octanol–water partition coefficient (Wildman–Crippen LogP) is 1.96. The average Bonchev–Trinajstić information content (AvgIpc) is 2.17. The van der Waals surface area contributed by atoms with E-state index in [2.05, 4.69) is 26.1 Å². The molecule has 0 heterocycles. The Morgan fingerprint density at radius 2 is 1.86 bits per heavy atom. The highest BCUT2D eigenvalue weighted by Gasteiger charge is 2.13. The van der Waals surface area contributed by atoms with Crippen LogP contribution in [-0.4, -0.2) is 25.2 Å².